The van der Waals surface area contributed by atoms with E-state index < -0.39 is 0 Å². The molecule has 0 atom stereocenters. The first kappa shape index (κ1) is 23.3. The second-order valence-electron chi connectivity index (χ2n) is 10.4. The van der Waals surface area contributed by atoms with Crippen molar-refractivity contribution in [2.75, 3.05) is 7.11 Å². The van der Waals surface area contributed by atoms with Gasteiger partial charge in [0.25, 0.3) is 0 Å². The normalized spacial score (nSPS) is 11.6. The smallest absolute Gasteiger partial charge is 0.145 e. The molecule has 37 heavy (non-hydrogen) atoms. The predicted molar refractivity (Wildman–Crippen MR) is 156 cm³/mol. The van der Waals surface area contributed by atoms with Crippen LogP contribution < -0.4 is 4.74 Å². The molecule has 3 nitrogen and oxygen atoms in total. The van der Waals surface area contributed by atoms with E-state index in [1.165, 1.54) is 55.3 Å². The van der Waals surface area contributed by atoms with Crippen molar-refractivity contribution in [3.63, 3.8) is 0 Å². The lowest BCUT2D eigenvalue weighted by Gasteiger charge is -2.20. The fourth-order valence-electron chi connectivity index (χ4n) is 6.29. The van der Waals surface area contributed by atoms with Crippen LogP contribution in [0.5, 0.6) is 5.75 Å². The predicted octanol–water partition coefficient (Wildman–Crippen LogP) is 8.83. The third-order valence-electron chi connectivity index (χ3n) is 7.68. The second-order valence-corrected chi connectivity index (χ2v) is 10.4. The van der Waals surface area contributed by atoms with E-state index in [0.29, 0.717) is 0 Å². The zero-order valence-electron chi connectivity index (χ0n) is 22.7. The lowest BCUT2D eigenvalue weighted by Crippen LogP contribution is -1.98. The average Bonchev–Trinajstić information content (AvgIpc) is 3.25. The van der Waals surface area contributed by atoms with Gasteiger partial charge in [-0.05, 0) is 105 Å². The topological polar surface area (TPSA) is 26.5 Å². The molecule has 3 heteroatoms. The van der Waals surface area contributed by atoms with Crippen LogP contribution in [0.15, 0.2) is 66.9 Å². The third-order valence-corrected chi connectivity index (χ3v) is 7.68. The van der Waals surface area contributed by atoms with Gasteiger partial charge in [0.1, 0.15) is 11.4 Å². The van der Waals surface area contributed by atoms with Gasteiger partial charge in [-0.15, -0.1) is 0 Å². The van der Waals surface area contributed by atoms with Crippen LogP contribution in [0.3, 0.4) is 0 Å². The van der Waals surface area contributed by atoms with Crippen LogP contribution in [0.2, 0.25) is 0 Å². The van der Waals surface area contributed by atoms with Gasteiger partial charge in [-0.1, -0.05) is 42.0 Å². The zero-order valence-corrected chi connectivity index (χ0v) is 22.7. The van der Waals surface area contributed by atoms with E-state index in [4.69, 9.17) is 9.72 Å². The van der Waals surface area contributed by atoms with Crippen LogP contribution in [0.25, 0.3) is 49.6 Å². The van der Waals surface area contributed by atoms with Crippen LogP contribution in [-0.4, -0.2) is 16.5 Å². The summed E-state index contributed by atoms with van der Waals surface area (Å²) in [6.07, 6.45) is 2.14. The number of hydrogen-bond donors (Lipinski definition) is 0. The minimum absolute atomic E-state index is 0.883. The van der Waals surface area contributed by atoms with Crippen LogP contribution in [0.1, 0.15) is 33.5 Å². The van der Waals surface area contributed by atoms with Gasteiger partial charge in [-0.2, -0.15) is 0 Å². The van der Waals surface area contributed by atoms with E-state index in [0.717, 1.165) is 33.6 Å². The van der Waals surface area contributed by atoms with Gasteiger partial charge >= 0.3 is 0 Å². The lowest BCUT2D eigenvalue weighted by atomic mass is 9.87. The average molecular weight is 485 g/mol. The highest BCUT2D eigenvalue weighted by atomic mass is 16.5. The SMILES string of the molecule is COc1ccc2c(c1-c1c(C)cc(C)cc1C)c1cc(-c3c(C)cccc3C)ccc1n1cc(C)nc21. The molecule has 0 aliphatic rings. The molecule has 0 amide bonds. The van der Waals surface area contributed by atoms with E-state index in [1.807, 2.05) is 0 Å². The number of hydrogen-bond acceptors (Lipinski definition) is 2. The first-order valence-corrected chi connectivity index (χ1v) is 12.9. The van der Waals surface area contributed by atoms with Crippen molar-refractivity contribution in [3.05, 3.63) is 100 Å². The Balaban J connectivity index is 1.87. The summed E-state index contributed by atoms with van der Waals surface area (Å²) in [6.45, 7) is 13.0. The highest BCUT2D eigenvalue weighted by Crippen LogP contribution is 2.45. The highest BCUT2D eigenvalue weighted by molar-refractivity contribution is 6.20. The van der Waals surface area contributed by atoms with Crippen LogP contribution in [0, 0.1) is 41.5 Å². The highest BCUT2D eigenvalue weighted by Gasteiger charge is 2.21. The maximum absolute atomic E-state index is 6.04. The number of fused-ring (bicyclic) bond motifs is 6. The number of rotatable bonds is 3. The molecule has 0 unspecified atom stereocenters. The van der Waals surface area contributed by atoms with E-state index in [-0.39, 0.29) is 0 Å². The Morgan fingerprint density at radius 2 is 1.38 bits per heavy atom. The van der Waals surface area contributed by atoms with Crippen LogP contribution in [-0.2, 0) is 0 Å². The number of methoxy groups -OCH3 is 1. The number of pyridine rings is 1. The molecular weight excluding hydrogens is 452 g/mol. The number of nitrogens with zero attached hydrogens (tertiary/aromatic N) is 2. The quantitative estimate of drug-likeness (QED) is 0.235. The summed E-state index contributed by atoms with van der Waals surface area (Å²) in [7, 11) is 1.77. The molecule has 0 fully saturated rings. The zero-order chi connectivity index (χ0) is 26.0. The molecule has 0 N–H and O–H groups in total. The first-order valence-electron chi connectivity index (χ1n) is 12.9. The molecule has 4 aromatic carbocycles. The molecule has 0 spiro atoms. The Kier molecular flexibility index (Phi) is 5.34. The summed E-state index contributed by atoms with van der Waals surface area (Å²) < 4.78 is 8.28. The summed E-state index contributed by atoms with van der Waals surface area (Å²) in [4.78, 5) is 4.97. The van der Waals surface area contributed by atoms with Gasteiger partial charge < -0.3 is 4.74 Å². The van der Waals surface area contributed by atoms with Crippen molar-refractivity contribution in [2.24, 2.45) is 0 Å². The van der Waals surface area contributed by atoms with E-state index in [9.17, 15) is 0 Å². The standard InChI is InChI=1S/C34H32N2O/c1-19-15-22(4)31(23(5)16-19)33-29(37-7)14-12-26-32(33)27-17-25(30-20(2)9-8-10-21(30)3)11-13-28(27)36-18-24(6)35-34(26)36/h8-18H,1-7H3. The van der Waals surface area contributed by atoms with Gasteiger partial charge in [0.2, 0.25) is 0 Å². The summed E-state index contributed by atoms with van der Waals surface area (Å²) >= 11 is 0. The summed E-state index contributed by atoms with van der Waals surface area (Å²) in [6, 6.07) is 22.2. The molecule has 0 saturated heterocycles. The molecule has 2 heterocycles. The number of imidazole rings is 1. The molecule has 0 aliphatic heterocycles. The molecular formula is C34H32N2O. The fraction of sp³-hybridized carbons (Fsp3) is 0.206. The van der Waals surface area contributed by atoms with Gasteiger partial charge in [-0.25, -0.2) is 4.98 Å². The van der Waals surface area contributed by atoms with Crippen LogP contribution >= 0.6 is 0 Å². The van der Waals surface area contributed by atoms with Gasteiger partial charge in [0.15, 0.2) is 0 Å². The monoisotopic (exact) mass is 484 g/mol. The molecule has 0 bridgehead atoms. The van der Waals surface area contributed by atoms with E-state index in [2.05, 4.69) is 113 Å². The van der Waals surface area contributed by atoms with Crippen molar-refractivity contribution in [3.8, 4) is 28.0 Å². The number of aryl methyl sites for hydroxylation is 6. The van der Waals surface area contributed by atoms with Crippen molar-refractivity contribution < 1.29 is 4.74 Å². The minimum Gasteiger partial charge on any atom is -0.496 e. The number of benzene rings is 4. The maximum Gasteiger partial charge on any atom is 0.145 e. The van der Waals surface area contributed by atoms with Crippen molar-refractivity contribution in [1.82, 2.24) is 9.38 Å². The summed E-state index contributed by atoms with van der Waals surface area (Å²) in [5, 5.41) is 3.53. The Morgan fingerprint density at radius 1 is 0.676 bits per heavy atom. The molecule has 184 valence electrons. The Hall–Kier alpha value is -4.11. The van der Waals surface area contributed by atoms with Gasteiger partial charge in [0, 0.05) is 27.9 Å². The molecule has 2 aromatic heterocycles. The van der Waals surface area contributed by atoms with Crippen molar-refractivity contribution >= 4 is 27.3 Å². The summed E-state index contributed by atoms with van der Waals surface area (Å²) in [5.41, 5.74) is 14.4. The molecule has 0 radical (unpaired) electrons. The number of ether oxygens (including phenoxy) is 1. The van der Waals surface area contributed by atoms with Crippen molar-refractivity contribution in [2.45, 2.75) is 41.5 Å². The summed E-state index contributed by atoms with van der Waals surface area (Å²) in [5.74, 6) is 0.883. The van der Waals surface area contributed by atoms with Crippen LogP contribution in [0.4, 0.5) is 0 Å². The van der Waals surface area contributed by atoms with Gasteiger partial charge in [0.05, 0.1) is 18.3 Å². The first-order chi connectivity index (χ1) is 17.8. The van der Waals surface area contributed by atoms with E-state index in [1.54, 1.807) is 7.11 Å². The fourth-order valence-corrected chi connectivity index (χ4v) is 6.29. The molecule has 6 rings (SSSR count). The lowest BCUT2D eigenvalue weighted by molar-refractivity contribution is 0.417. The minimum atomic E-state index is 0.883. The second kappa shape index (κ2) is 8.48. The van der Waals surface area contributed by atoms with E-state index >= 15 is 0 Å². The Labute approximate surface area is 218 Å². The van der Waals surface area contributed by atoms with Crippen molar-refractivity contribution in [1.29, 1.82) is 0 Å². The molecule has 6 aromatic rings. The third kappa shape index (κ3) is 3.53. The molecule has 0 aliphatic carbocycles. The number of aromatic nitrogens is 2. The molecule has 0 saturated carbocycles. The largest absolute Gasteiger partial charge is 0.496 e. The Bertz CT molecular complexity index is 1830. The Morgan fingerprint density at radius 3 is 2.05 bits per heavy atom. The maximum atomic E-state index is 6.04. The van der Waals surface area contributed by atoms with Gasteiger partial charge in [-0.3, -0.25) is 4.40 Å².